The van der Waals surface area contributed by atoms with Crippen LogP contribution in [0, 0.1) is 0 Å². The quantitative estimate of drug-likeness (QED) is 0.487. The first-order valence-electron chi connectivity index (χ1n) is 10.3. The molecule has 0 fully saturated rings. The highest BCUT2D eigenvalue weighted by Crippen LogP contribution is 2.35. The molecule has 3 aromatic rings. The van der Waals surface area contributed by atoms with Crippen LogP contribution in [0.1, 0.15) is 37.3 Å². The highest BCUT2D eigenvalue weighted by Gasteiger charge is 2.22. The zero-order valence-corrected chi connectivity index (χ0v) is 18.4. The number of rotatable bonds is 9. The standard InChI is InChI=1S/C26H29NO4/c1-18(2)31-22-13-9-19(10-14-22)24(23-7-5-6-8-25(23)30-4)17-26(28)27-20-11-15-21(29-3)16-12-20/h5-16,18,24H,17H2,1-4H3,(H,27,28)/t24-/m0/s1. The maximum atomic E-state index is 12.9. The van der Waals surface area contributed by atoms with E-state index in [0.29, 0.717) is 0 Å². The molecule has 0 saturated carbocycles. The number of carbonyl (C=O) groups excluding carboxylic acids is 1. The van der Waals surface area contributed by atoms with Crippen molar-refractivity contribution in [2.24, 2.45) is 0 Å². The van der Waals surface area contributed by atoms with Gasteiger partial charge in [-0.3, -0.25) is 4.79 Å². The average molecular weight is 420 g/mol. The first-order chi connectivity index (χ1) is 15.0. The molecule has 31 heavy (non-hydrogen) atoms. The summed E-state index contributed by atoms with van der Waals surface area (Å²) in [6.45, 7) is 3.99. The van der Waals surface area contributed by atoms with Crippen LogP contribution in [0.15, 0.2) is 72.8 Å². The fourth-order valence-corrected chi connectivity index (χ4v) is 3.48. The fraction of sp³-hybridized carbons (Fsp3) is 0.269. The molecule has 0 aliphatic heterocycles. The molecule has 0 bridgehead atoms. The summed E-state index contributed by atoms with van der Waals surface area (Å²) in [5, 5.41) is 2.98. The van der Waals surface area contributed by atoms with Gasteiger partial charge in [0.25, 0.3) is 0 Å². The number of methoxy groups -OCH3 is 2. The number of hydrogen-bond donors (Lipinski definition) is 1. The predicted molar refractivity (Wildman–Crippen MR) is 123 cm³/mol. The molecular formula is C26H29NO4. The van der Waals surface area contributed by atoms with Crippen molar-refractivity contribution in [3.8, 4) is 17.2 Å². The van der Waals surface area contributed by atoms with Gasteiger partial charge < -0.3 is 19.5 Å². The van der Waals surface area contributed by atoms with Gasteiger partial charge in [-0.05, 0) is 61.9 Å². The van der Waals surface area contributed by atoms with E-state index >= 15 is 0 Å². The van der Waals surface area contributed by atoms with Crippen molar-refractivity contribution in [3.05, 3.63) is 83.9 Å². The molecule has 1 atom stereocenters. The predicted octanol–water partition coefficient (Wildman–Crippen LogP) is 5.65. The van der Waals surface area contributed by atoms with Crippen LogP contribution in [0.5, 0.6) is 17.2 Å². The zero-order valence-electron chi connectivity index (χ0n) is 18.4. The van der Waals surface area contributed by atoms with Crippen LogP contribution in [-0.2, 0) is 4.79 Å². The molecule has 0 aliphatic rings. The minimum absolute atomic E-state index is 0.0800. The van der Waals surface area contributed by atoms with Gasteiger partial charge in [0.1, 0.15) is 17.2 Å². The Bertz CT molecular complexity index is 981. The van der Waals surface area contributed by atoms with Crippen LogP contribution in [0.4, 0.5) is 5.69 Å². The van der Waals surface area contributed by atoms with E-state index in [-0.39, 0.29) is 24.3 Å². The summed E-state index contributed by atoms with van der Waals surface area (Å²) in [5.41, 5.74) is 2.71. The van der Waals surface area contributed by atoms with Gasteiger partial charge in [-0.1, -0.05) is 30.3 Å². The molecule has 0 heterocycles. The highest BCUT2D eigenvalue weighted by atomic mass is 16.5. The Balaban J connectivity index is 1.85. The molecule has 3 aromatic carbocycles. The van der Waals surface area contributed by atoms with E-state index in [0.717, 1.165) is 34.1 Å². The maximum Gasteiger partial charge on any atom is 0.225 e. The molecule has 0 radical (unpaired) electrons. The van der Waals surface area contributed by atoms with E-state index in [2.05, 4.69) is 5.32 Å². The molecule has 3 rings (SSSR count). The lowest BCUT2D eigenvalue weighted by Gasteiger charge is -2.21. The van der Waals surface area contributed by atoms with Crippen molar-refractivity contribution in [1.29, 1.82) is 0 Å². The topological polar surface area (TPSA) is 56.8 Å². The van der Waals surface area contributed by atoms with Crippen molar-refractivity contribution in [2.75, 3.05) is 19.5 Å². The number of anilines is 1. The number of ether oxygens (including phenoxy) is 3. The second-order valence-corrected chi connectivity index (χ2v) is 7.51. The summed E-state index contributed by atoms with van der Waals surface area (Å²) >= 11 is 0. The number of carbonyl (C=O) groups is 1. The van der Waals surface area contributed by atoms with Gasteiger partial charge in [-0.2, -0.15) is 0 Å². The lowest BCUT2D eigenvalue weighted by molar-refractivity contribution is -0.116. The van der Waals surface area contributed by atoms with E-state index in [1.165, 1.54) is 0 Å². The monoisotopic (exact) mass is 419 g/mol. The number of para-hydroxylation sites is 1. The van der Waals surface area contributed by atoms with Gasteiger partial charge in [-0.15, -0.1) is 0 Å². The number of amides is 1. The molecule has 0 unspecified atom stereocenters. The van der Waals surface area contributed by atoms with E-state index in [1.807, 2.05) is 86.6 Å². The van der Waals surface area contributed by atoms with E-state index in [4.69, 9.17) is 14.2 Å². The van der Waals surface area contributed by atoms with Crippen molar-refractivity contribution in [1.82, 2.24) is 0 Å². The average Bonchev–Trinajstić information content (AvgIpc) is 2.78. The second-order valence-electron chi connectivity index (χ2n) is 7.51. The highest BCUT2D eigenvalue weighted by molar-refractivity contribution is 5.91. The lowest BCUT2D eigenvalue weighted by Crippen LogP contribution is -2.17. The fourth-order valence-electron chi connectivity index (χ4n) is 3.48. The Morgan fingerprint density at radius 2 is 1.48 bits per heavy atom. The van der Waals surface area contributed by atoms with Gasteiger partial charge >= 0.3 is 0 Å². The second kappa shape index (κ2) is 10.5. The summed E-state index contributed by atoms with van der Waals surface area (Å²) in [6, 6.07) is 23.0. The van der Waals surface area contributed by atoms with Crippen LogP contribution in [0.2, 0.25) is 0 Å². The molecule has 0 aromatic heterocycles. The Kier molecular flexibility index (Phi) is 7.55. The minimum Gasteiger partial charge on any atom is -0.497 e. The summed E-state index contributed by atoms with van der Waals surface area (Å²) in [5.74, 6) is 2.06. The first kappa shape index (κ1) is 22.2. The first-order valence-corrected chi connectivity index (χ1v) is 10.3. The van der Waals surface area contributed by atoms with E-state index in [1.54, 1.807) is 14.2 Å². The molecule has 0 saturated heterocycles. The van der Waals surface area contributed by atoms with Gasteiger partial charge in [0.2, 0.25) is 5.91 Å². The van der Waals surface area contributed by atoms with Crippen LogP contribution in [0.25, 0.3) is 0 Å². The number of hydrogen-bond acceptors (Lipinski definition) is 4. The van der Waals surface area contributed by atoms with Gasteiger partial charge in [0.05, 0.1) is 20.3 Å². The molecule has 0 aliphatic carbocycles. The molecule has 5 nitrogen and oxygen atoms in total. The van der Waals surface area contributed by atoms with Crippen molar-refractivity contribution < 1.29 is 19.0 Å². The van der Waals surface area contributed by atoms with Crippen LogP contribution < -0.4 is 19.5 Å². The van der Waals surface area contributed by atoms with Crippen molar-refractivity contribution in [3.63, 3.8) is 0 Å². The Morgan fingerprint density at radius 1 is 0.839 bits per heavy atom. The van der Waals surface area contributed by atoms with Crippen molar-refractivity contribution in [2.45, 2.75) is 32.3 Å². The summed E-state index contributed by atoms with van der Waals surface area (Å²) < 4.78 is 16.5. The third-order valence-corrected chi connectivity index (χ3v) is 4.93. The Morgan fingerprint density at radius 3 is 2.10 bits per heavy atom. The molecule has 1 N–H and O–H groups in total. The maximum absolute atomic E-state index is 12.9. The third kappa shape index (κ3) is 6.01. The van der Waals surface area contributed by atoms with Crippen LogP contribution >= 0.6 is 0 Å². The van der Waals surface area contributed by atoms with Crippen LogP contribution in [0.3, 0.4) is 0 Å². The molecule has 1 amide bonds. The molecule has 162 valence electrons. The summed E-state index contributed by atoms with van der Waals surface area (Å²) in [7, 11) is 3.26. The Hall–Kier alpha value is -3.47. The smallest absolute Gasteiger partial charge is 0.225 e. The Labute approximate surface area is 184 Å². The molecule has 0 spiro atoms. The number of benzene rings is 3. The van der Waals surface area contributed by atoms with E-state index < -0.39 is 0 Å². The lowest BCUT2D eigenvalue weighted by atomic mass is 9.87. The van der Waals surface area contributed by atoms with Crippen LogP contribution in [-0.4, -0.2) is 26.2 Å². The normalized spacial score (nSPS) is 11.6. The van der Waals surface area contributed by atoms with E-state index in [9.17, 15) is 4.79 Å². The SMILES string of the molecule is COc1ccc(NC(=O)C[C@@H](c2ccc(OC(C)C)cc2)c2ccccc2OC)cc1. The van der Waals surface area contributed by atoms with Gasteiger partial charge in [0.15, 0.2) is 0 Å². The summed E-state index contributed by atoms with van der Waals surface area (Å²) in [6.07, 6.45) is 0.377. The largest absolute Gasteiger partial charge is 0.497 e. The van der Waals surface area contributed by atoms with Gasteiger partial charge in [0, 0.05) is 23.6 Å². The third-order valence-electron chi connectivity index (χ3n) is 4.93. The minimum atomic E-state index is -0.164. The zero-order chi connectivity index (χ0) is 22.2. The molecular weight excluding hydrogens is 390 g/mol. The van der Waals surface area contributed by atoms with Gasteiger partial charge in [-0.25, -0.2) is 0 Å². The molecule has 5 heteroatoms. The number of nitrogens with one attached hydrogen (secondary N) is 1. The summed E-state index contributed by atoms with van der Waals surface area (Å²) in [4.78, 5) is 12.9. The van der Waals surface area contributed by atoms with Crippen molar-refractivity contribution >= 4 is 11.6 Å².